The van der Waals surface area contributed by atoms with E-state index >= 15 is 0 Å². The van der Waals surface area contributed by atoms with E-state index < -0.39 is 5.69 Å². The van der Waals surface area contributed by atoms with E-state index in [1.807, 2.05) is 121 Å². The van der Waals surface area contributed by atoms with Crippen molar-refractivity contribution in [3.05, 3.63) is 308 Å². The van der Waals surface area contributed by atoms with Gasteiger partial charge >= 0.3 is 21.3 Å². The molecule has 1 aliphatic rings. The summed E-state index contributed by atoms with van der Waals surface area (Å²) in [7, 11) is 0. The van der Waals surface area contributed by atoms with Crippen molar-refractivity contribution in [2.45, 2.75) is 135 Å². The molecule has 2 aromatic carbocycles. The number of pyridine rings is 2. The summed E-state index contributed by atoms with van der Waals surface area (Å²) in [5, 5.41) is 40.2. The maximum absolute atomic E-state index is 10.4. The van der Waals surface area contributed by atoms with Crippen LogP contribution in [0.15, 0.2) is 206 Å². The van der Waals surface area contributed by atoms with Gasteiger partial charge in [0.1, 0.15) is 22.4 Å². The number of rotatable bonds is 4. The number of benzene rings is 2. The highest BCUT2D eigenvalue weighted by Gasteiger charge is 2.08. The van der Waals surface area contributed by atoms with Crippen molar-refractivity contribution in [2.24, 2.45) is 5.10 Å². The van der Waals surface area contributed by atoms with Crippen LogP contribution in [-0.4, -0.2) is 67.0 Å². The number of aryl methyl sites for hydroxylation is 15. The van der Waals surface area contributed by atoms with Crippen molar-refractivity contribution in [3.63, 3.8) is 0 Å². The van der Waals surface area contributed by atoms with Gasteiger partial charge < -0.3 is 18.2 Å². The van der Waals surface area contributed by atoms with Gasteiger partial charge in [-0.1, -0.05) is 93.4 Å². The molecule has 0 fully saturated rings. The molecule has 24 nitrogen and oxygen atoms in total. The number of carbonyl (C=O) groups is 1. The van der Waals surface area contributed by atoms with E-state index in [2.05, 4.69) is 127 Å². The molecular formula is C73H87ClN12O12S4. The second-order valence-electron chi connectivity index (χ2n) is 21.8. The smallest absolute Gasteiger partial charge is 0.335 e. The number of hydrogen-bond acceptors (Lipinski definition) is 22. The van der Waals surface area contributed by atoms with Crippen LogP contribution in [0, 0.1) is 117 Å². The van der Waals surface area contributed by atoms with Crippen molar-refractivity contribution in [1.82, 2.24) is 44.7 Å². The van der Waals surface area contributed by atoms with Gasteiger partial charge in [-0.15, -0.1) is 16.9 Å². The summed E-state index contributed by atoms with van der Waals surface area (Å²) >= 11 is 11.0. The number of aromatic amines is 2. The molecule has 0 unspecified atom stereocenters. The highest BCUT2D eigenvalue weighted by Crippen LogP contribution is 2.23. The quantitative estimate of drug-likeness (QED) is 0.0638. The molecule has 29 heteroatoms. The van der Waals surface area contributed by atoms with Crippen molar-refractivity contribution in [3.8, 4) is 0 Å². The van der Waals surface area contributed by atoms with Gasteiger partial charge in [-0.25, -0.2) is 25.0 Å². The number of amides is 1. The largest absolute Gasteiger partial charge is 0.469 e. The second kappa shape index (κ2) is 48.4. The lowest BCUT2D eigenvalue weighted by Crippen LogP contribution is -2.23. The number of carbonyl (C=O) groups excluding carboxylic acids is 1. The van der Waals surface area contributed by atoms with E-state index in [4.69, 9.17) is 20.4 Å². The molecule has 1 aliphatic heterocycles. The normalized spacial score (nSPS) is 10.3. The van der Waals surface area contributed by atoms with Crippen molar-refractivity contribution < 1.29 is 27.9 Å². The Morgan fingerprint density at radius 1 is 0.637 bits per heavy atom. The molecule has 102 heavy (non-hydrogen) atoms. The number of furan rings is 1. The number of nitro groups is 2. The summed E-state index contributed by atoms with van der Waals surface area (Å²) in [5.41, 5.74) is 13.0. The third-order valence-electron chi connectivity index (χ3n) is 12.7. The zero-order chi connectivity index (χ0) is 76.3. The number of aromatic nitrogens is 8. The topological polar surface area (TPSA) is 336 Å². The summed E-state index contributed by atoms with van der Waals surface area (Å²) in [6.45, 7) is 32.0. The number of thiophene rings is 2. The monoisotopic (exact) mass is 1490 g/mol. The Morgan fingerprint density at radius 2 is 1.30 bits per heavy atom. The Morgan fingerprint density at radius 3 is 1.66 bits per heavy atom. The maximum Gasteiger partial charge on any atom is 0.335 e. The molecule has 542 valence electrons. The van der Waals surface area contributed by atoms with Crippen LogP contribution >= 0.6 is 57.6 Å². The Labute approximate surface area is 613 Å². The standard InChI is InChI=1S/C11H10.C7H12N2.C7H9NS.C7H10O.C6H6ClN.2C6H6O2.C5H6N2O2.C5H8N2O.2C5H5NO2S.C3H4N2S/c1-9-5-4-7-10-6-2-3-8-11(9)10;1-4-9-7(3)5-6(2)8-9;1-6-4-3-5-8-7(6)9-2;1-5-4-6(2)8-7(5)3;1-5-3-2-4-8-6(5)7;1-5-4-6(7)2-3-8-5;1-5-2-3-6(7)8-4-5;1-3-2-4(8)7-5(9)6-3;1-4-2-3-5(8)7-6-4;1-4-2-5(6(7)8)9-3-4;1-4-2-3-5(9-4)6(7)8;1-3-2-6-5-4-3/h2-8H,1H3;5H,4H2,1-3H3;3-5H,1-2H3;4H,1-3H3;3*2-4H,1H3;2H,1H3,(H2,6,7,8,9);2-3H2,1H3,(H,7,8);2*2-3H,1H3;2H,1H3. The number of halogens is 1. The maximum atomic E-state index is 10.4. The van der Waals surface area contributed by atoms with Gasteiger partial charge in [-0.05, 0) is 216 Å². The van der Waals surface area contributed by atoms with Crippen LogP contribution in [0.1, 0.15) is 105 Å². The van der Waals surface area contributed by atoms with Crippen LogP contribution in [0.3, 0.4) is 0 Å². The van der Waals surface area contributed by atoms with Crippen molar-refractivity contribution in [1.29, 1.82) is 0 Å². The van der Waals surface area contributed by atoms with E-state index in [1.54, 1.807) is 55.4 Å². The van der Waals surface area contributed by atoms with Gasteiger partial charge in [0.05, 0.1) is 38.8 Å². The van der Waals surface area contributed by atoms with Gasteiger partial charge in [0, 0.05) is 94.5 Å². The van der Waals surface area contributed by atoms with E-state index in [0.29, 0.717) is 23.0 Å². The predicted molar refractivity (Wildman–Crippen MR) is 412 cm³/mol. The van der Waals surface area contributed by atoms with E-state index in [9.17, 15) is 44.2 Å². The molecule has 0 radical (unpaired) electrons. The summed E-state index contributed by atoms with van der Waals surface area (Å²) < 4.78 is 20.1. The second-order valence-corrected chi connectivity index (χ2v) is 25.8. The molecule has 3 N–H and O–H groups in total. The van der Waals surface area contributed by atoms with E-state index in [0.717, 1.165) is 79.5 Å². The Hall–Kier alpha value is -10.4. The zero-order valence-corrected chi connectivity index (χ0v) is 64.2. The van der Waals surface area contributed by atoms with Crippen molar-refractivity contribution >= 4 is 90.0 Å². The number of hydrazone groups is 1. The minimum atomic E-state index is -0.458. The first kappa shape index (κ1) is 87.7. The van der Waals surface area contributed by atoms with Crippen LogP contribution in [0.4, 0.5) is 10.0 Å². The van der Waals surface area contributed by atoms with Crippen molar-refractivity contribution in [2.75, 3.05) is 6.26 Å². The highest BCUT2D eigenvalue weighted by molar-refractivity contribution is 7.98. The number of nitrogens with one attached hydrogen (secondary N) is 3. The molecule has 0 aliphatic carbocycles. The van der Waals surface area contributed by atoms with Crippen LogP contribution < -0.4 is 27.7 Å². The van der Waals surface area contributed by atoms with Crippen LogP contribution in [0.2, 0.25) is 5.15 Å². The highest BCUT2D eigenvalue weighted by atomic mass is 35.5. The lowest BCUT2D eigenvalue weighted by Gasteiger charge is -2.06. The molecule has 10 aromatic heterocycles. The molecule has 12 aromatic rings. The molecule has 13 rings (SSSR count). The van der Waals surface area contributed by atoms with Crippen LogP contribution in [0.5, 0.6) is 0 Å². The van der Waals surface area contributed by atoms with Gasteiger partial charge in [0.25, 0.3) is 5.56 Å². The first-order valence-electron chi connectivity index (χ1n) is 31.2. The Kier molecular flexibility index (Phi) is 41.6. The van der Waals surface area contributed by atoms with Gasteiger partial charge in [0.2, 0.25) is 5.91 Å². The number of thioether (sulfide) groups is 1. The van der Waals surface area contributed by atoms with Gasteiger partial charge in [0.15, 0.2) is 5.43 Å². The summed E-state index contributed by atoms with van der Waals surface area (Å²) in [5.74, 6) is 2.70. The Balaban J connectivity index is 0.000000379. The van der Waals surface area contributed by atoms with E-state index in [1.165, 1.54) is 98.9 Å². The minimum Gasteiger partial charge on any atom is -0.469 e. The number of nitrogens with zero attached hydrogens (tertiary/aromatic N) is 9. The summed E-state index contributed by atoms with van der Waals surface area (Å²) in [4.78, 5) is 84.6. The fraction of sp³-hybridized carbons (Fsp3) is 0.274. The molecular weight excluding hydrogens is 1400 g/mol. The SMILES string of the molecule is CC1=NNC(=O)CC1.CCn1nc(C)cc1C.CSc1ncccc1C.Cc1cc(=O)[nH]c(=O)[nH]1.Cc1cc(=O)cco1.Cc1cc(C)c(C)o1.Cc1ccc(=O)oc1.Cc1ccc([N+](=O)[O-])s1.Cc1cccc2ccccc12.Cc1cccnc1Cl.Cc1csc([N+](=O)[O-])c1.Cc1csnn1. The van der Waals surface area contributed by atoms with Gasteiger partial charge in [-0.2, -0.15) is 10.2 Å². The fourth-order valence-electron chi connectivity index (χ4n) is 7.61. The van der Waals surface area contributed by atoms with E-state index in [-0.39, 0.29) is 42.4 Å². The van der Waals surface area contributed by atoms with Crippen LogP contribution in [-0.2, 0) is 11.3 Å². The third kappa shape index (κ3) is 38.3. The Bertz CT molecular complexity index is 4600. The summed E-state index contributed by atoms with van der Waals surface area (Å²) in [6, 6.07) is 38.8. The molecule has 0 atom stereocenters. The molecule has 0 saturated heterocycles. The zero-order valence-electron chi connectivity index (χ0n) is 60.1. The molecule has 0 bridgehead atoms. The lowest BCUT2D eigenvalue weighted by molar-refractivity contribution is -0.380. The fourth-order valence-corrected chi connectivity index (χ4v) is 10.1. The van der Waals surface area contributed by atoms with Crippen LogP contribution in [0.25, 0.3) is 10.8 Å². The first-order chi connectivity index (χ1) is 48.3. The first-order valence-corrected chi connectivity index (χ1v) is 35.3. The number of fused-ring (bicyclic) bond motifs is 1. The average Bonchev–Trinajstić information content (AvgIpc) is 1.28. The lowest BCUT2D eigenvalue weighted by atomic mass is 10.1. The molecule has 0 spiro atoms. The summed E-state index contributed by atoms with van der Waals surface area (Å²) in [6.07, 6.45) is 9.75. The molecule has 0 saturated carbocycles. The molecule has 11 heterocycles. The number of H-pyrrole nitrogens is 2. The number of hydrogen-bond donors (Lipinski definition) is 3. The third-order valence-corrected chi connectivity index (χ3v) is 16.5. The van der Waals surface area contributed by atoms with Gasteiger partial charge in [-0.3, -0.25) is 44.3 Å². The average molecular weight is 1490 g/mol. The molecule has 1 amide bonds. The predicted octanol–water partition coefficient (Wildman–Crippen LogP) is 17.3. The minimum absolute atomic E-state index is 0.00579.